The molecule has 0 saturated heterocycles. The van der Waals surface area contributed by atoms with Crippen molar-refractivity contribution in [2.45, 2.75) is 44.6 Å². The van der Waals surface area contributed by atoms with Crippen molar-refractivity contribution in [2.24, 2.45) is 0 Å². The number of nitrogens with one attached hydrogen (secondary N) is 1. The Morgan fingerprint density at radius 3 is 2.71 bits per heavy atom. The molecule has 0 aliphatic heterocycles. The summed E-state index contributed by atoms with van der Waals surface area (Å²) in [5, 5.41) is 0.801. The lowest BCUT2D eigenvalue weighted by Crippen LogP contribution is -2.23. The van der Waals surface area contributed by atoms with Crippen molar-refractivity contribution < 1.29 is 8.42 Å². The molecule has 0 fully saturated rings. The van der Waals surface area contributed by atoms with Gasteiger partial charge in [0, 0.05) is 4.88 Å². The number of fused-ring (bicyclic) bond motifs is 1. The van der Waals surface area contributed by atoms with Crippen molar-refractivity contribution in [3.8, 4) is 0 Å². The second kappa shape index (κ2) is 5.51. The van der Waals surface area contributed by atoms with Crippen LogP contribution in [0.2, 0.25) is 0 Å². The molecule has 112 valence electrons. The van der Waals surface area contributed by atoms with E-state index < -0.39 is 10.0 Å². The number of benzene rings is 1. The fraction of sp³-hybridized carbons (Fsp3) is 0.400. The first-order chi connectivity index (χ1) is 9.95. The average Bonchev–Trinajstić information content (AvgIpc) is 3.03. The maximum absolute atomic E-state index is 12.4. The molecule has 3 rings (SSSR count). The second-order valence-electron chi connectivity index (χ2n) is 5.36. The smallest absolute Gasteiger partial charge is 0.240 e. The summed E-state index contributed by atoms with van der Waals surface area (Å²) in [5.74, 6) is 0. The molecular weight excluding hydrogens is 304 g/mol. The van der Waals surface area contributed by atoms with E-state index in [0.717, 1.165) is 34.8 Å². The van der Waals surface area contributed by atoms with E-state index in [4.69, 9.17) is 0 Å². The molecule has 0 saturated carbocycles. The number of aryl methyl sites for hydroxylation is 4. The van der Waals surface area contributed by atoms with Gasteiger partial charge in [0.25, 0.3) is 0 Å². The standard InChI is InChI=1S/C15H18N2O2S2/c1-10-11(2)20-15(17-10)9-16-21(18,19)14-7-6-12-4-3-5-13(12)8-14/h6-8,16H,3-5,9H2,1-2H3. The van der Waals surface area contributed by atoms with Crippen LogP contribution in [-0.2, 0) is 29.4 Å². The largest absolute Gasteiger partial charge is 0.245 e. The fourth-order valence-electron chi connectivity index (χ4n) is 2.57. The second-order valence-corrected chi connectivity index (χ2v) is 8.41. The van der Waals surface area contributed by atoms with Crippen LogP contribution in [0.25, 0.3) is 0 Å². The summed E-state index contributed by atoms with van der Waals surface area (Å²) in [4.78, 5) is 5.84. The van der Waals surface area contributed by atoms with Crippen LogP contribution in [0.4, 0.5) is 0 Å². The average molecular weight is 322 g/mol. The fourth-order valence-corrected chi connectivity index (χ4v) is 4.57. The molecule has 1 heterocycles. The summed E-state index contributed by atoms with van der Waals surface area (Å²) in [7, 11) is -3.47. The van der Waals surface area contributed by atoms with Crippen LogP contribution in [0.1, 0.15) is 33.1 Å². The third-order valence-corrected chi connectivity index (χ3v) is 6.34. The van der Waals surface area contributed by atoms with E-state index in [0.29, 0.717) is 4.90 Å². The number of hydrogen-bond donors (Lipinski definition) is 1. The van der Waals surface area contributed by atoms with Crippen molar-refractivity contribution in [1.29, 1.82) is 0 Å². The van der Waals surface area contributed by atoms with Crippen LogP contribution >= 0.6 is 11.3 Å². The number of nitrogens with zero attached hydrogens (tertiary/aromatic N) is 1. The van der Waals surface area contributed by atoms with Crippen molar-refractivity contribution in [3.63, 3.8) is 0 Å². The van der Waals surface area contributed by atoms with Crippen molar-refractivity contribution in [3.05, 3.63) is 44.9 Å². The topological polar surface area (TPSA) is 59.1 Å². The molecule has 21 heavy (non-hydrogen) atoms. The molecule has 1 aliphatic rings. The lowest BCUT2D eigenvalue weighted by atomic mass is 10.1. The Hall–Kier alpha value is -1.24. The van der Waals surface area contributed by atoms with Crippen LogP contribution in [0.15, 0.2) is 23.1 Å². The summed E-state index contributed by atoms with van der Waals surface area (Å²) in [6.45, 7) is 4.18. The van der Waals surface area contributed by atoms with Gasteiger partial charge in [0.2, 0.25) is 10.0 Å². The van der Waals surface area contributed by atoms with Gasteiger partial charge in [-0.25, -0.2) is 18.1 Å². The van der Waals surface area contributed by atoms with E-state index in [1.807, 2.05) is 26.0 Å². The van der Waals surface area contributed by atoms with Gasteiger partial charge in [0.1, 0.15) is 5.01 Å². The zero-order valence-corrected chi connectivity index (χ0v) is 13.8. The van der Waals surface area contributed by atoms with Gasteiger partial charge in [0.15, 0.2) is 0 Å². The lowest BCUT2D eigenvalue weighted by molar-refractivity contribution is 0.581. The Morgan fingerprint density at radius 1 is 1.24 bits per heavy atom. The first-order valence-electron chi connectivity index (χ1n) is 7.00. The molecule has 4 nitrogen and oxygen atoms in total. The Balaban J connectivity index is 1.77. The van der Waals surface area contributed by atoms with Gasteiger partial charge in [-0.1, -0.05) is 6.07 Å². The summed E-state index contributed by atoms with van der Waals surface area (Å²) in [6, 6.07) is 5.45. The number of aromatic nitrogens is 1. The first-order valence-corrected chi connectivity index (χ1v) is 9.30. The molecule has 1 aliphatic carbocycles. The Bertz CT molecular complexity index is 759. The highest BCUT2D eigenvalue weighted by Crippen LogP contribution is 2.25. The Kier molecular flexibility index (Phi) is 3.86. The normalized spacial score (nSPS) is 14.4. The van der Waals surface area contributed by atoms with Crippen molar-refractivity contribution >= 4 is 21.4 Å². The highest BCUT2D eigenvalue weighted by molar-refractivity contribution is 7.89. The van der Waals surface area contributed by atoms with E-state index in [1.165, 1.54) is 22.5 Å². The molecule has 1 aromatic heterocycles. The highest BCUT2D eigenvalue weighted by atomic mass is 32.2. The maximum Gasteiger partial charge on any atom is 0.240 e. The molecule has 1 aromatic carbocycles. The van der Waals surface area contributed by atoms with E-state index in [1.54, 1.807) is 6.07 Å². The summed E-state index contributed by atoms with van der Waals surface area (Å²) in [6.07, 6.45) is 3.15. The van der Waals surface area contributed by atoms with Crippen LogP contribution in [0.3, 0.4) is 0 Å². The zero-order chi connectivity index (χ0) is 15.0. The molecule has 0 bridgehead atoms. The molecule has 2 aromatic rings. The quantitative estimate of drug-likeness (QED) is 0.941. The number of thiazole rings is 1. The van der Waals surface area contributed by atoms with Gasteiger partial charge in [-0.2, -0.15) is 0 Å². The molecule has 0 atom stereocenters. The van der Waals surface area contributed by atoms with E-state index in [9.17, 15) is 8.42 Å². The van der Waals surface area contributed by atoms with Gasteiger partial charge < -0.3 is 0 Å². The minimum Gasteiger partial charge on any atom is -0.245 e. The zero-order valence-electron chi connectivity index (χ0n) is 12.1. The minimum absolute atomic E-state index is 0.249. The molecule has 0 radical (unpaired) electrons. The minimum atomic E-state index is -3.47. The van der Waals surface area contributed by atoms with E-state index in [-0.39, 0.29) is 6.54 Å². The van der Waals surface area contributed by atoms with Crippen LogP contribution in [0.5, 0.6) is 0 Å². The third kappa shape index (κ3) is 3.02. The molecule has 6 heteroatoms. The SMILES string of the molecule is Cc1nc(CNS(=O)(=O)c2ccc3c(c2)CCC3)sc1C. The summed E-state index contributed by atoms with van der Waals surface area (Å²) >= 11 is 1.53. The van der Waals surface area contributed by atoms with Gasteiger partial charge >= 0.3 is 0 Å². The van der Waals surface area contributed by atoms with Crippen LogP contribution in [0, 0.1) is 13.8 Å². The molecular formula is C15H18N2O2S2. The van der Waals surface area contributed by atoms with Gasteiger partial charge in [0.05, 0.1) is 17.1 Å². The van der Waals surface area contributed by atoms with Gasteiger partial charge in [-0.15, -0.1) is 11.3 Å². The number of rotatable bonds is 4. The third-order valence-electron chi connectivity index (χ3n) is 3.87. The lowest BCUT2D eigenvalue weighted by Gasteiger charge is -2.07. The molecule has 1 N–H and O–H groups in total. The molecule has 0 amide bonds. The van der Waals surface area contributed by atoms with E-state index >= 15 is 0 Å². The van der Waals surface area contributed by atoms with Gasteiger partial charge in [-0.05, 0) is 56.4 Å². The first kappa shape index (κ1) is 14.7. The highest BCUT2D eigenvalue weighted by Gasteiger charge is 2.18. The Labute approximate surface area is 129 Å². The predicted molar refractivity (Wildman–Crippen MR) is 84.1 cm³/mol. The molecule has 0 unspecified atom stereocenters. The van der Waals surface area contributed by atoms with Crippen molar-refractivity contribution in [2.75, 3.05) is 0 Å². The van der Waals surface area contributed by atoms with E-state index in [2.05, 4.69) is 9.71 Å². The number of sulfonamides is 1. The summed E-state index contributed by atoms with van der Waals surface area (Å²) < 4.78 is 27.4. The number of hydrogen-bond acceptors (Lipinski definition) is 4. The maximum atomic E-state index is 12.4. The van der Waals surface area contributed by atoms with Crippen LogP contribution in [-0.4, -0.2) is 13.4 Å². The monoisotopic (exact) mass is 322 g/mol. The Morgan fingerprint density at radius 2 is 2.00 bits per heavy atom. The molecule has 0 spiro atoms. The predicted octanol–water partition coefficient (Wildman–Crippen LogP) is 2.73. The summed E-state index contributed by atoms with van der Waals surface area (Å²) in [5.41, 5.74) is 3.41. The van der Waals surface area contributed by atoms with Crippen LogP contribution < -0.4 is 4.72 Å². The van der Waals surface area contributed by atoms with Gasteiger partial charge in [-0.3, -0.25) is 0 Å². The van der Waals surface area contributed by atoms with Crippen molar-refractivity contribution in [1.82, 2.24) is 9.71 Å².